The Labute approximate surface area is 95.5 Å². The molecule has 0 radical (unpaired) electrons. The van der Waals surface area contributed by atoms with Crippen LogP contribution in [-0.4, -0.2) is 32.9 Å². The predicted molar refractivity (Wildman–Crippen MR) is 61.2 cm³/mol. The molecule has 0 spiro atoms. The molecule has 0 saturated heterocycles. The number of aliphatic hydroxyl groups is 1. The number of aromatic nitrogens is 2. The van der Waals surface area contributed by atoms with Gasteiger partial charge in [-0.05, 0) is 26.3 Å². The third-order valence-corrected chi connectivity index (χ3v) is 2.78. The maximum atomic E-state index is 11.9. The Morgan fingerprint density at radius 3 is 2.69 bits per heavy atom. The second kappa shape index (κ2) is 4.65. The summed E-state index contributed by atoms with van der Waals surface area (Å²) in [6.07, 6.45) is 0.673. The minimum absolute atomic E-state index is 0.0773. The Balaban J connectivity index is 2.84. The maximum absolute atomic E-state index is 11.9. The van der Waals surface area contributed by atoms with Crippen molar-refractivity contribution in [3.8, 4) is 0 Å². The first-order valence-corrected chi connectivity index (χ1v) is 5.36. The summed E-state index contributed by atoms with van der Waals surface area (Å²) in [6.45, 7) is 5.49. The van der Waals surface area contributed by atoms with Crippen LogP contribution in [0.4, 0.5) is 0 Å². The van der Waals surface area contributed by atoms with Crippen LogP contribution in [0.3, 0.4) is 0 Å². The molecule has 1 unspecified atom stereocenters. The minimum atomic E-state index is -0.574. The number of hydrogen-bond acceptors (Lipinski definition) is 3. The van der Waals surface area contributed by atoms with E-state index in [0.717, 1.165) is 5.69 Å². The normalized spacial score (nSPS) is 14.6. The molecule has 1 aromatic rings. The summed E-state index contributed by atoms with van der Waals surface area (Å²) in [5.74, 6) is -0.207. The highest BCUT2D eigenvalue weighted by molar-refractivity contribution is 5.93. The second-order valence-corrected chi connectivity index (χ2v) is 4.32. The lowest BCUT2D eigenvalue weighted by Crippen LogP contribution is -2.48. The molecule has 0 aliphatic carbocycles. The zero-order chi connectivity index (χ0) is 12.3. The van der Waals surface area contributed by atoms with E-state index in [9.17, 15) is 9.90 Å². The molecule has 0 aromatic carbocycles. The van der Waals surface area contributed by atoms with Crippen molar-refractivity contribution >= 4 is 5.91 Å². The highest BCUT2D eigenvalue weighted by Gasteiger charge is 2.25. The van der Waals surface area contributed by atoms with Gasteiger partial charge in [-0.25, -0.2) is 0 Å². The summed E-state index contributed by atoms with van der Waals surface area (Å²) < 4.78 is 1.54. The number of hydrogen-bond donors (Lipinski definition) is 2. The number of aryl methyl sites for hydroxylation is 2. The molecule has 1 rings (SSSR count). The van der Waals surface area contributed by atoms with Gasteiger partial charge in [-0.2, -0.15) is 5.10 Å². The van der Waals surface area contributed by atoms with Gasteiger partial charge in [0.1, 0.15) is 5.69 Å². The number of carbonyl (C=O) groups excluding carboxylic acids is 1. The van der Waals surface area contributed by atoms with Gasteiger partial charge in [0.05, 0.1) is 17.8 Å². The molecule has 1 aromatic heterocycles. The van der Waals surface area contributed by atoms with E-state index in [1.807, 2.05) is 20.8 Å². The van der Waals surface area contributed by atoms with Gasteiger partial charge in [0.25, 0.3) is 5.91 Å². The van der Waals surface area contributed by atoms with Crippen molar-refractivity contribution in [1.29, 1.82) is 0 Å². The minimum Gasteiger partial charge on any atom is -0.394 e. The Morgan fingerprint density at radius 2 is 2.31 bits per heavy atom. The largest absolute Gasteiger partial charge is 0.394 e. The maximum Gasteiger partial charge on any atom is 0.270 e. The van der Waals surface area contributed by atoms with Gasteiger partial charge in [0, 0.05) is 7.05 Å². The highest BCUT2D eigenvalue weighted by Crippen LogP contribution is 2.10. The number of amides is 1. The summed E-state index contributed by atoms with van der Waals surface area (Å²) in [5, 5.41) is 16.1. The van der Waals surface area contributed by atoms with Crippen molar-refractivity contribution in [3.63, 3.8) is 0 Å². The predicted octanol–water partition coefficient (Wildman–Crippen LogP) is 0.619. The standard InChI is InChI=1S/C11H19N3O2/c1-5-11(3,7-15)12-10(16)9-6-8(2)13-14(9)4/h6,15H,5,7H2,1-4H3,(H,12,16). The topological polar surface area (TPSA) is 67.2 Å². The molecule has 0 aliphatic heterocycles. The fourth-order valence-corrected chi connectivity index (χ4v) is 1.40. The molecular weight excluding hydrogens is 206 g/mol. The van der Waals surface area contributed by atoms with Gasteiger partial charge >= 0.3 is 0 Å². The monoisotopic (exact) mass is 225 g/mol. The lowest BCUT2D eigenvalue weighted by molar-refractivity contribution is 0.0838. The molecular formula is C11H19N3O2. The van der Waals surface area contributed by atoms with Gasteiger partial charge in [0.2, 0.25) is 0 Å². The van der Waals surface area contributed by atoms with Crippen LogP contribution < -0.4 is 5.32 Å². The lowest BCUT2D eigenvalue weighted by Gasteiger charge is -2.27. The summed E-state index contributed by atoms with van der Waals surface area (Å²) in [4.78, 5) is 11.9. The van der Waals surface area contributed by atoms with Crippen molar-refractivity contribution in [2.75, 3.05) is 6.61 Å². The number of aliphatic hydroxyl groups excluding tert-OH is 1. The number of nitrogens with zero attached hydrogens (tertiary/aromatic N) is 2. The van der Waals surface area contributed by atoms with Gasteiger partial charge in [-0.15, -0.1) is 0 Å². The van der Waals surface area contributed by atoms with Crippen LogP contribution in [0, 0.1) is 6.92 Å². The Kier molecular flexibility index (Phi) is 3.70. The van der Waals surface area contributed by atoms with Crippen LogP contribution in [0.25, 0.3) is 0 Å². The molecule has 0 saturated carbocycles. The first-order valence-electron chi connectivity index (χ1n) is 5.36. The van der Waals surface area contributed by atoms with E-state index in [4.69, 9.17) is 0 Å². The molecule has 1 atom stereocenters. The molecule has 0 bridgehead atoms. The molecule has 90 valence electrons. The fourth-order valence-electron chi connectivity index (χ4n) is 1.40. The SMILES string of the molecule is CCC(C)(CO)NC(=O)c1cc(C)nn1C. The van der Waals surface area contributed by atoms with Crippen molar-refractivity contribution < 1.29 is 9.90 Å². The van der Waals surface area contributed by atoms with Crippen molar-refractivity contribution in [3.05, 3.63) is 17.5 Å². The second-order valence-electron chi connectivity index (χ2n) is 4.32. The van der Waals surface area contributed by atoms with Crippen molar-refractivity contribution in [2.45, 2.75) is 32.7 Å². The average molecular weight is 225 g/mol. The molecule has 16 heavy (non-hydrogen) atoms. The molecule has 1 heterocycles. The molecule has 5 heteroatoms. The van der Waals surface area contributed by atoms with E-state index in [2.05, 4.69) is 10.4 Å². The summed E-state index contributed by atoms with van der Waals surface area (Å²) in [5.41, 5.74) is 0.732. The highest BCUT2D eigenvalue weighted by atomic mass is 16.3. The lowest BCUT2D eigenvalue weighted by atomic mass is 10.00. The van der Waals surface area contributed by atoms with E-state index in [-0.39, 0.29) is 12.5 Å². The third-order valence-electron chi connectivity index (χ3n) is 2.78. The van der Waals surface area contributed by atoms with Crippen LogP contribution in [0.15, 0.2) is 6.07 Å². The van der Waals surface area contributed by atoms with Crippen LogP contribution >= 0.6 is 0 Å². The van der Waals surface area contributed by atoms with E-state index in [1.54, 1.807) is 13.1 Å². The van der Waals surface area contributed by atoms with Gasteiger partial charge in [-0.1, -0.05) is 6.92 Å². The van der Waals surface area contributed by atoms with Gasteiger partial charge < -0.3 is 10.4 Å². The molecule has 2 N–H and O–H groups in total. The number of carbonyl (C=O) groups is 1. The Bertz CT molecular complexity index is 381. The Hall–Kier alpha value is -1.36. The van der Waals surface area contributed by atoms with Gasteiger partial charge in [-0.3, -0.25) is 9.48 Å². The van der Waals surface area contributed by atoms with Crippen LogP contribution in [-0.2, 0) is 7.05 Å². The zero-order valence-electron chi connectivity index (χ0n) is 10.2. The van der Waals surface area contributed by atoms with Gasteiger partial charge in [0.15, 0.2) is 0 Å². The van der Waals surface area contributed by atoms with Crippen LogP contribution in [0.1, 0.15) is 36.5 Å². The summed E-state index contributed by atoms with van der Waals surface area (Å²) in [7, 11) is 1.73. The zero-order valence-corrected chi connectivity index (χ0v) is 10.2. The summed E-state index contributed by atoms with van der Waals surface area (Å²) >= 11 is 0. The van der Waals surface area contributed by atoms with Crippen molar-refractivity contribution in [2.24, 2.45) is 7.05 Å². The molecule has 5 nitrogen and oxygen atoms in total. The van der Waals surface area contributed by atoms with Crippen LogP contribution in [0.5, 0.6) is 0 Å². The fraction of sp³-hybridized carbons (Fsp3) is 0.636. The first kappa shape index (κ1) is 12.7. The molecule has 0 aliphatic rings. The van der Waals surface area contributed by atoms with E-state index < -0.39 is 5.54 Å². The average Bonchev–Trinajstić information content (AvgIpc) is 2.57. The number of nitrogens with one attached hydrogen (secondary N) is 1. The van der Waals surface area contributed by atoms with E-state index in [0.29, 0.717) is 12.1 Å². The number of rotatable bonds is 4. The first-order chi connectivity index (χ1) is 7.41. The molecule has 0 fully saturated rings. The smallest absolute Gasteiger partial charge is 0.270 e. The molecule has 1 amide bonds. The van der Waals surface area contributed by atoms with E-state index >= 15 is 0 Å². The Morgan fingerprint density at radius 1 is 1.69 bits per heavy atom. The third kappa shape index (κ3) is 2.61. The summed E-state index contributed by atoms with van der Waals surface area (Å²) in [6, 6.07) is 1.72. The quantitative estimate of drug-likeness (QED) is 0.789. The van der Waals surface area contributed by atoms with E-state index in [1.165, 1.54) is 4.68 Å². The van der Waals surface area contributed by atoms with Crippen LogP contribution in [0.2, 0.25) is 0 Å². The van der Waals surface area contributed by atoms with Crippen molar-refractivity contribution in [1.82, 2.24) is 15.1 Å².